The number of benzene rings is 1. The number of hydrogen-bond donors (Lipinski definition) is 1. The summed E-state index contributed by atoms with van der Waals surface area (Å²) in [6, 6.07) is 8.99. The highest BCUT2D eigenvalue weighted by molar-refractivity contribution is 6.30. The summed E-state index contributed by atoms with van der Waals surface area (Å²) in [4.78, 5) is 17.3. The third-order valence-electron chi connectivity index (χ3n) is 6.81. The van der Waals surface area contributed by atoms with Crippen molar-refractivity contribution >= 4 is 17.5 Å². The van der Waals surface area contributed by atoms with Gasteiger partial charge in [-0.1, -0.05) is 23.7 Å². The predicted molar refractivity (Wildman–Crippen MR) is 105 cm³/mol. The lowest BCUT2D eigenvalue weighted by molar-refractivity contribution is -0.128. The molecule has 2 heterocycles. The number of amides is 1. The van der Waals surface area contributed by atoms with Crippen molar-refractivity contribution in [2.45, 2.75) is 63.6 Å². The molecule has 0 bridgehead atoms. The SMILES string of the molecule is NC1CCC(N2CCC3(CC2)CC(=O)N(Cc2ccc(Cl)cc2)C3)CC1. The number of nitrogens with two attached hydrogens (primary N) is 1. The van der Waals surface area contributed by atoms with Crippen molar-refractivity contribution in [3.8, 4) is 0 Å². The molecule has 1 amide bonds. The third-order valence-corrected chi connectivity index (χ3v) is 7.06. The van der Waals surface area contributed by atoms with E-state index in [1.54, 1.807) is 0 Å². The molecular formula is C21H30ClN3O. The first kappa shape index (κ1) is 18.3. The number of likely N-dealkylation sites (tertiary alicyclic amines) is 2. The van der Waals surface area contributed by atoms with Crippen LogP contribution in [0.2, 0.25) is 5.02 Å². The number of halogens is 1. The van der Waals surface area contributed by atoms with Gasteiger partial charge in [0.25, 0.3) is 0 Å². The minimum Gasteiger partial charge on any atom is -0.338 e. The molecule has 1 aromatic carbocycles. The molecule has 2 N–H and O–H groups in total. The van der Waals surface area contributed by atoms with Crippen molar-refractivity contribution in [3.05, 3.63) is 34.9 Å². The second-order valence-electron chi connectivity index (χ2n) is 8.66. The van der Waals surface area contributed by atoms with Gasteiger partial charge in [-0.15, -0.1) is 0 Å². The van der Waals surface area contributed by atoms with Crippen LogP contribution in [-0.2, 0) is 11.3 Å². The molecule has 2 saturated heterocycles. The van der Waals surface area contributed by atoms with E-state index < -0.39 is 0 Å². The summed E-state index contributed by atoms with van der Waals surface area (Å²) in [5.41, 5.74) is 7.42. The second kappa shape index (κ2) is 7.49. The molecule has 5 heteroatoms. The fourth-order valence-corrected chi connectivity index (χ4v) is 5.23. The zero-order valence-corrected chi connectivity index (χ0v) is 16.3. The molecule has 2 aliphatic heterocycles. The van der Waals surface area contributed by atoms with Crippen LogP contribution >= 0.6 is 11.6 Å². The van der Waals surface area contributed by atoms with Crippen molar-refractivity contribution in [2.75, 3.05) is 19.6 Å². The molecule has 0 atom stereocenters. The van der Waals surface area contributed by atoms with Gasteiger partial charge in [-0.05, 0) is 74.7 Å². The van der Waals surface area contributed by atoms with E-state index in [1.807, 2.05) is 24.3 Å². The van der Waals surface area contributed by atoms with Crippen LogP contribution in [0.4, 0.5) is 0 Å². The molecule has 3 aliphatic rings. The standard InChI is InChI=1S/C21H30ClN3O/c22-17-3-1-16(2-4-17)14-25-15-21(13-20(25)26)9-11-24(12-10-21)19-7-5-18(23)6-8-19/h1-4,18-19H,5-15,23H2. The summed E-state index contributed by atoms with van der Waals surface area (Å²) in [6.45, 7) is 3.91. The molecule has 0 aromatic heterocycles. The number of carbonyl (C=O) groups is 1. The second-order valence-corrected chi connectivity index (χ2v) is 9.09. The quantitative estimate of drug-likeness (QED) is 0.880. The van der Waals surface area contributed by atoms with Gasteiger partial charge in [0.2, 0.25) is 5.91 Å². The van der Waals surface area contributed by atoms with Gasteiger partial charge in [0, 0.05) is 36.6 Å². The normalized spacial score (nSPS) is 29.5. The smallest absolute Gasteiger partial charge is 0.223 e. The molecule has 3 fully saturated rings. The van der Waals surface area contributed by atoms with Gasteiger partial charge in [0.05, 0.1) is 0 Å². The predicted octanol–water partition coefficient (Wildman–Crippen LogP) is 3.42. The molecular weight excluding hydrogens is 346 g/mol. The van der Waals surface area contributed by atoms with E-state index in [0.717, 1.165) is 55.5 Å². The first-order chi connectivity index (χ1) is 12.5. The number of carbonyl (C=O) groups excluding carboxylic acids is 1. The Labute approximate surface area is 161 Å². The summed E-state index contributed by atoms with van der Waals surface area (Å²) in [7, 11) is 0. The van der Waals surface area contributed by atoms with E-state index in [4.69, 9.17) is 17.3 Å². The Morgan fingerprint density at radius 3 is 2.38 bits per heavy atom. The van der Waals surface area contributed by atoms with Crippen molar-refractivity contribution in [2.24, 2.45) is 11.1 Å². The lowest BCUT2D eigenvalue weighted by Gasteiger charge is -2.44. The topological polar surface area (TPSA) is 49.6 Å². The van der Waals surface area contributed by atoms with Gasteiger partial charge in [-0.25, -0.2) is 0 Å². The van der Waals surface area contributed by atoms with Gasteiger partial charge in [-0.3, -0.25) is 4.79 Å². The summed E-state index contributed by atoms with van der Waals surface area (Å²) in [5.74, 6) is 0.317. The minimum atomic E-state index is 0.199. The maximum absolute atomic E-state index is 12.6. The molecule has 4 nitrogen and oxygen atoms in total. The third kappa shape index (κ3) is 3.92. The minimum absolute atomic E-state index is 0.199. The number of nitrogens with zero attached hydrogens (tertiary/aromatic N) is 2. The summed E-state index contributed by atoms with van der Waals surface area (Å²) in [5, 5.41) is 0.744. The fraction of sp³-hybridized carbons (Fsp3) is 0.667. The van der Waals surface area contributed by atoms with Crippen LogP contribution in [-0.4, -0.2) is 47.4 Å². The van der Waals surface area contributed by atoms with Crippen LogP contribution in [0.5, 0.6) is 0 Å². The van der Waals surface area contributed by atoms with Crippen LogP contribution in [0.15, 0.2) is 24.3 Å². The molecule has 26 heavy (non-hydrogen) atoms. The van der Waals surface area contributed by atoms with Gasteiger partial charge >= 0.3 is 0 Å². The van der Waals surface area contributed by atoms with Crippen LogP contribution in [0.1, 0.15) is 50.5 Å². The van der Waals surface area contributed by atoms with E-state index in [-0.39, 0.29) is 5.41 Å². The van der Waals surface area contributed by atoms with E-state index in [9.17, 15) is 4.79 Å². The van der Waals surface area contributed by atoms with Gasteiger partial charge in [-0.2, -0.15) is 0 Å². The highest BCUT2D eigenvalue weighted by Gasteiger charge is 2.45. The van der Waals surface area contributed by atoms with Crippen molar-refractivity contribution in [3.63, 3.8) is 0 Å². The van der Waals surface area contributed by atoms with Crippen molar-refractivity contribution in [1.29, 1.82) is 0 Å². The van der Waals surface area contributed by atoms with Crippen molar-refractivity contribution in [1.82, 2.24) is 9.80 Å². The molecule has 0 radical (unpaired) electrons. The molecule has 1 aromatic rings. The van der Waals surface area contributed by atoms with E-state index >= 15 is 0 Å². The highest BCUT2D eigenvalue weighted by atomic mass is 35.5. The Morgan fingerprint density at radius 1 is 1.08 bits per heavy atom. The average molecular weight is 376 g/mol. The van der Waals surface area contributed by atoms with Crippen LogP contribution in [0.25, 0.3) is 0 Å². The average Bonchev–Trinajstić information content (AvgIpc) is 2.93. The Morgan fingerprint density at radius 2 is 1.73 bits per heavy atom. The maximum Gasteiger partial charge on any atom is 0.223 e. The summed E-state index contributed by atoms with van der Waals surface area (Å²) < 4.78 is 0. The number of hydrogen-bond acceptors (Lipinski definition) is 3. The number of rotatable bonds is 3. The van der Waals surface area contributed by atoms with Gasteiger partial charge in [0.1, 0.15) is 0 Å². The van der Waals surface area contributed by atoms with E-state index in [0.29, 0.717) is 18.5 Å². The Bertz CT molecular complexity index is 631. The Balaban J connectivity index is 1.33. The van der Waals surface area contributed by atoms with Crippen molar-refractivity contribution < 1.29 is 4.79 Å². The van der Waals surface area contributed by atoms with Crippen LogP contribution in [0.3, 0.4) is 0 Å². The summed E-state index contributed by atoms with van der Waals surface area (Å²) in [6.07, 6.45) is 7.85. The maximum atomic E-state index is 12.6. The van der Waals surface area contributed by atoms with E-state index in [2.05, 4.69) is 9.80 Å². The lowest BCUT2D eigenvalue weighted by Crippen LogP contribution is -2.48. The van der Waals surface area contributed by atoms with Gasteiger partial charge in [0.15, 0.2) is 0 Å². The molecule has 4 rings (SSSR count). The first-order valence-corrected chi connectivity index (χ1v) is 10.4. The van der Waals surface area contributed by atoms with Crippen LogP contribution < -0.4 is 5.73 Å². The molecule has 1 saturated carbocycles. The molecule has 142 valence electrons. The Hall–Kier alpha value is -1.10. The summed E-state index contributed by atoms with van der Waals surface area (Å²) >= 11 is 5.97. The highest BCUT2D eigenvalue weighted by Crippen LogP contribution is 2.42. The fourth-order valence-electron chi connectivity index (χ4n) is 5.10. The zero-order chi connectivity index (χ0) is 18.1. The van der Waals surface area contributed by atoms with Gasteiger partial charge < -0.3 is 15.5 Å². The Kier molecular flexibility index (Phi) is 5.27. The first-order valence-electron chi connectivity index (χ1n) is 10.0. The lowest BCUT2D eigenvalue weighted by atomic mass is 9.76. The van der Waals surface area contributed by atoms with E-state index in [1.165, 1.54) is 25.7 Å². The zero-order valence-electron chi connectivity index (χ0n) is 15.5. The van der Waals surface area contributed by atoms with Crippen LogP contribution in [0, 0.1) is 5.41 Å². The molecule has 1 aliphatic carbocycles. The molecule has 0 unspecified atom stereocenters. The largest absolute Gasteiger partial charge is 0.338 e. The number of piperidine rings is 1. The monoisotopic (exact) mass is 375 g/mol. The molecule has 1 spiro atoms.